The van der Waals surface area contributed by atoms with Crippen molar-refractivity contribution >= 4 is 15.9 Å². The first-order valence-electron chi connectivity index (χ1n) is 6.45. The smallest absolute Gasteiger partial charge is 0.134 e. The number of hydrogen-bond donors (Lipinski definition) is 1. The van der Waals surface area contributed by atoms with Crippen molar-refractivity contribution in [3.05, 3.63) is 52.0 Å². The number of rotatable bonds is 5. The van der Waals surface area contributed by atoms with Crippen LogP contribution in [0.5, 0.6) is 17.2 Å². The molecule has 0 aliphatic heterocycles. The van der Waals surface area contributed by atoms with Crippen LogP contribution in [-0.4, -0.2) is 13.7 Å². The highest BCUT2D eigenvalue weighted by molar-refractivity contribution is 9.10. The van der Waals surface area contributed by atoms with Gasteiger partial charge in [0.2, 0.25) is 0 Å². The van der Waals surface area contributed by atoms with E-state index in [-0.39, 0.29) is 0 Å². The summed E-state index contributed by atoms with van der Waals surface area (Å²) < 4.78 is 12.3. The number of benzene rings is 2. The number of ether oxygens (including phenoxy) is 2. The van der Waals surface area contributed by atoms with Crippen LogP contribution in [0.25, 0.3) is 0 Å². The molecule has 106 valence electrons. The molecule has 0 heterocycles. The zero-order valence-electron chi connectivity index (χ0n) is 11.7. The Hall–Kier alpha value is -1.52. The van der Waals surface area contributed by atoms with Crippen LogP contribution in [0.15, 0.2) is 40.9 Å². The Morgan fingerprint density at radius 3 is 2.55 bits per heavy atom. The molecule has 0 aromatic heterocycles. The largest absolute Gasteiger partial charge is 0.496 e. The fraction of sp³-hybridized carbons (Fsp3) is 0.250. The fourth-order valence-electron chi connectivity index (χ4n) is 2.03. The van der Waals surface area contributed by atoms with Crippen molar-refractivity contribution in [3.63, 3.8) is 0 Å². The summed E-state index contributed by atoms with van der Waals surface area (Å²) in [6.07, 6.45) is 0.783. The van der Waals surface area contributed by atoms with Crippen molar-refractivity contribution in [2.24, 2.45) is 5.73 Å². The van der Waals surface area contributed by atoms with Gasteiger partial charge in [-0.1, -0.05) is 28.1 Å². The molecule has 0 fully saturated rings. The van der Waals surface area contributed by atoms with Crippen LogP contribution in [0, 0.1) is 6.92 Å². The van der Waals surface area contributed by atoms with Crippen LogP contribution in [0.1, 0.15) is 11.1 Å². The van der Waals surface area contributed by atoms with E-state index >= 15 is 0 Å². The first-order chi connectivity index (χ1) is 9.65. The Morgan fingerprint density at radius 2 is 1.85 bits per heavy atom. The third-order valence-corrected chi connectivity index (χ3v) is 3.61. The summed E-state index contributed by atoms with van der Waals surface area (Å²) in [4.78, 5) is 0. The Kier molecular flexibility index (Phi) is 5.04. The number of methoxy groups -OCH3 is 1. The molecule has 0 bridgehead atoms. The first kappa shape index (κ1) is 14.9. The minimum absolute atomic E-state index is 0.592. The van der Waals surface area contributed by atoms with Crippen molar-refractivity contribution in [2.75, 3.05) is 13.7 Å². The lowest BCUT2D eigenvalue weighted by molar-refractivity contribution is 0.404. The SMILES string of the molecule is COc1cccc(Oc2cc(Br)ccc2CCN)c1C. The molecule has 0 aliphatic rings. The zero-order valence-corrected chi connectivity index (χ0v) is 13.2. The molecule has 2 N–H and O–H groups in total. The maximum absolute atomic E-state index is 6.05. The van der Waals surface area contributed by atoms with Gasteiger partial charge in [-0.15, -0.1) is 0 Å². The highest BCUT2D eigenvalue weighted by Crippen LogP contribution is 2.34. The zero-order chi connectivity index (χ0) is 14.5. The molecule has 0 spiro atoms. The van der Waals surface area contributed by atoms with E-state index in [0.717, 1.165) is 39.3 Å². The average molecular weight is 336 g/mol. The molecule has 3 nitrogen and oxygen atoms in total. The van der Waals surface area contributed by atoms with Crippen LogP contribution in [-0.2, 0) is 6.42 Å². The van der Waals surface area contributed by atoms with E-state index < -0.39 is 0 Å². The number of nitrogens with two attached hydrogens (primary N) is 1. The topological polar surface area (TPSA) is 44.5 Å². The molecule has 0 radical (unpaired) electrons. The maximum atomic E-state index is 6.05. The Labute approximate surface area is 127 Å². The van der Waals surface area contributed by atoms with E-state index in [4.69, 9.17) is 15.2 Å². The highest BCUT2D eigenvalue weighted by Gasteiger charge is 2.10. The molecular weight excluding hydrogens is 318 g/mol. The Balaban J connectivity index is 2.36. The molecule has 0 saturated heterocycles. The number of hydrogen-bond acceptors (Lipinski definition) is 3. The van der Waals surface area contributed by atoms with Crippen molar-refractivity contribution in [3.8, 4) is 17.2 Å². The van der Waals surface area contributed by atoms with E-state index in [0.29, 0.717) is 6.54 Å². The van der Waals surface area contributed by atoms with Gasteiger partial charge in [0, 0.05) is 10.0 Å². The summed E-state index contributed by atoms with van der Waals surface area (Å²) >= 11 is 3.47. The van der Waals surface area contributed by atoms with E-state index in [9.17, 15) is 0 Å². The van der Waals surface area contributed by atoms with Crippen LogP contribution >= 0.6 is 15.9 Å². The molecule has 4 heteroatoms. The summed E-state index contributed by atoms with van der Waals surface area (Å²) in [5.41, 5.74) is 7.72. The quantitative estimate of drug-likeness (QED) is 0.896. The minimum atomic E-state index is 0.592. The Morgan fingerprint density at radius 1 is 1.10 bits per heavy atom. The van der Waals surface area contributed by atoms with E-state index in [2.05, 4.69) is 15.9 Å². The molecule has 0 unspecified atom stereocenters. The summed E-state index contributed by atoms with van der Waals surface area (Å²) in [7, 11) is 1.66. The lowest BCUT2D eigenvalue weighted by Crippen LogP contribution is -2.04. The van der Waals surface area contributed by atoms with Gasteiger partial charge in [-0.3, -0.25) is 0 Å². The van der Waals surface area contributed by atoms with Crippen LogP contribution in [0.4, 0.5) is 0 Å². The standard InChI is InChI=1S/C16H18BrNO2/c1-11-14(19-2)4-3-5-15(11)20-16-10-13(17)7-6-12(16)8-9-18/h3-7,10H,8-9,18H2,1-2H3. The van der Waals surface area contributed by atoms with E-state index in [1.165, 1.54) is 0 Å². The third-order valence-electron chi connectivity index (χ3n) is 3.12. The molecule has 0 atom stereocenters. The minimum Gasteiger partial charge on any atom is -0.496 e. The highest BCUT2D eigenvalue weighted by atomic mass is 79.9. The van der Waals surface area contributed by atoms with Gasteiger partial charge in [0.05, 0.1) is 7.11 Å². The summed E-state index contributed by atoms with van der Waals surface area (Å²) in [5, 5.41) is 0. The first-order valence-corrected chi connectivity index (χ1v) is 7.25. The fourth-order valence-corrected chi connectivity index (χ4v) is 2.37. The molecule has 2 aromatic carbocycles. The molecule has 2 aromatic rings. The maximum Gasteiger partial charge on any atom is 0.134 e. The average Bonchev–Trinajstić information content (AvgIpc) is 2.44. The predicted molar refractivity (Wildman–Crippen MR) is 84.7 cm³/mol. The Bertz CT molecular complexity index is 599. The van der Waals surface area contributed by atoms with Gasteiger partial charge in [-0.25, -0.2) is 0 Å². The summed E-state index contributed by atoms with van der Waals surface area (Å²) in [6, 6.07) is 11.8. The molecule has 2 rings (SSSR count). The van der Waals surface area contributed by atoms with Crippen LogP contribution < -0.4 is 15.2 Å². The lowest BCUT2D eigenvalue weighted by atomic mass is 10.1. The van der Waals surface area contributed by atoms with Gasteiger partial charge in [0.25, 0.3) is 0 Å². The molecule has 0 saturated carbocycles. The predicted octanol–water partition coefficient (Wildman–Crippen LogP) is 4.06. The third kappa shape index (κ3) is 3.32. The second-order valence-electron chi connectivity index (χ2n) is 4.48. The molecule has 20 heavy (non-hydrogen) atoms. The second kappa shape index (κ2) is 6.77. The van der Waals surface area contributed by atoms with Gasteiger partial charge in [-0.2, -0.15) is 0 Å². The molecule has 0 aliphatic carbocycles. The van der Waals surface area contributed by atoms with Crippen molar-refractivity contribution in [2.45, 2.75) is 13.3 Å². The lowest BCUT2D eigenvalue weighted by Gasteiger charge is -2.14. The van der Waals surface area contributed by atoms with E-state index in [1.54, 1.807) is 7.11 Å². The van der Waals surface area contributed by atoms with Crippen LogP contribution in [0.3, 0.4) is 0 Å². The van der Waals surface area contributed by atoms with Crippen molar-refractivity contribution < 1.29 is 9.47 Å². The molecule has 0 amide bonds. The monoisotopic (exact) mass is 335 g/mol. The second-order valence-corrected chi connectivity index (χ2v) is 5.39. The van der Waals surface area contributed by atoms with Gasteiger partial charge in [-0.05, 0) is 49.7 Å². The summed E-state index contributed by atoms with van der Waals surface area (Å²) in [6.45, 7) is 2.57. The van der Waals surface area contributed by atoms with Gasteiger partial charge >= 0.3 is 0 Å². The summed E-state index contributed by atoms with van der Waals surface area (Å²) in [5.74, 6) is 2.43. The van der Waals surface area contributed by atoms with Gasteiger partial charge in [0.1, 0.15) is 17.2 Å². The van der Waals surface area contributed by atoms with Gasteiger partial charge in [0.15, 0.2) is 0 Å². The van der Waals surface area contributed by atoms with Crippen LogP contribution in [0.2, 0.25) is 0 Å². The van der Waals surface area contributed by atoms with Gasteiger partial charge < -0.3 is 15.2 Å². The van der Waals surface area contributed by atoms with Crippen molar-refractivity contribution in [1.29, 1.82) is 0 Å². The van der Waals surface area contributed by atoms with E-state index in [1.807, 2.05) is 43.3 Å². The molecular formula is C16H18BrNO2. The van der Waals surface area contributed by atoms with Crippen molar-refractivity contribution in [1.82, 2.24) is 0 Å². The normalized spacial score (nSPS) is 10.4. The number of halogens is 1.